The Kier molecular flexibility index (Phi) is 6.66. The van der Waals surface area contributed by atoms with Gasteiger partial charge in [0.05, 0.1) is 33.8 Å². The van der Waals surface area contributed by atoms with Gasteiger partial charge in [0.25, 0.3) is 0 Å². The Hall–Kier alpha value is -4.74. The van der Waals surface area contributed by atoms with Crippen LogP contribution >= 0.6 is 11.6 Å². The van der Waals surface area contributed by atoms with Gasteiger partial charge in [0, 0.05) is 41.6 Å². The van der Waals surface area contributed by atoms with Gasteiger partial charge in [-0.15, -0.1) is 0 Å². The molecule has 0 bridgehead atoms. The standard InChI is InChI=1S/C31H25ClN6O2/c32-24-8-10-26-27(14-24)37-29(36-26)23-6-9-25(34-18-23)22-7-11-28(35-17-22)38-13-3-12-31(19-38,30(39)40)15-20-4-1-2-5-21(20)16-33/h1-2,4-11,14,17-18H,3,12-13,15,19H2,(H,36,37)(H,39,40). The van der Waals surface area contributed by atoms with E-state index in [0.717, 1.165) is 52.2 Å². The van der Waals surface area contributed by atoms with Crippen molar-refractivity contribution in [3.05, 3.63) is 95.3 Å². The highest BCUT2D eigenvalue weighted by Crippen LogP contribution is 2.37. The number of benzene rings is 2. The van der Waals surface area contributed by atoms with Crippen LogP contribution in [0.1, 0.15) is 24.0 Å². The number of rotatable bonds is 6. The van der Waals surface area contributed by atoms with Crippen molar-refractivity contribution in [2.75, 3.05) is 18.0 Å². The van der Waals surface area contributed by atoms with Crippen LogP contribution in [0.3, 0.4) is 0 Å². The number of H-pyrrole nitrogens is 1. The molecule has 0 saturated carbocycles. The van der Waals surface area contributed by atoms with Gasteiger partial charge < -0.3 is 15.0 Å². The monoisotopic (exact) mass is 548 g/mol. The van der Waals surface area contributed by atoms with Crippen LogP contribution in [-0.2, 0) is 11.2 Å². The van der Waals surface area contributed by atoms with Gasteiger partial charge in [0.15, 0.2) is 0 Å². The van der Waals surface area contributed by atoms with Gasteiger partial charge in [-0.3, -0.25) is 9.78 Å². The van der Waals surface area contributed by atoms with Crippen LogP contribution in [0, 0.1) is 16.7 Å². The number of anilines is 1. The molecular weight excluding hydrogens is 524 g/mol. The number of fused-ring (bicyclic) bond motifs is 1. The van der Waals surface area contributed by atoms with E-state index in [1.807, 2.05) is 59.5 Å². The molecule has 40 heavy (non-hydrogen) atoms. The maximum Gasteiger partial charge on any atom is 0.311 e. The molecule has 1 aliphatic rings. The van der Waals surface area contributed by atoms with E-state index < -0.39 is 11.4 Å². The fourth-order valence-corrected chi connectivity index (χ4v) is 5.59. The lowest BCUT2D eigenvalue weighted by atomic mass is 9.74. The number of halogens is 1. The van der Waals surface area contributed by atoms with Crippen LogP contribution < -0.4 is 4.90 Å². The van der Waals surface area contributed by atoms with Crippen molar-refractivity contribution in [2.45, 2.75) is 19.3 Å². The molecule has 6 rings (SSSR count). The van der Waals surface area contributed by atoms with Crippen LogP contribution in [0.25, 0.3) is 33.7 Å². The van der Waals surface area contributed by atoms with Crippen molar-refractivity contribution in [3.8, 4) is 28.7 Å². The zero-order valence-electron chi connectivity index (χ0n) is 21.5. The second-order valence-corrected chi connectivity index (χ2v) is 10.6. The zero-order valence-corrected chi connectivity index (χ0v) is 22.3. The van der Waals surface area contributed by atoms with Gasteiger partial charge in [0.2, 0.25) is 0 Å². The van der Waals surface area contributed by atoms with Crippen molar-refractivity contribution >= 4 is 34.4 Å². The predicted octanol–water partition coefficient (Wildman–Crippen LogP) is 6.13. The summed E-state index contributed by atoms with van der Waals surface area (Å²) in [5.41, 5.74) is 4.48. The number of carboxylic acids is 1. The van der Waals surface area contributed by atoms with Gasteiger partial charge in [-0.2, -0.15) is 5.26 Å². The van der Waals surface area contributed by atoms with Gasteiger partial charge in [-0.25, -0.2) is 9.97 Å². The van der Waals surface area contributed by atoms with E-state index in [2.05, 4.69) is 26.0 Å². The number of hydrogen-bond donors (Lipinski definition) is 2. The first kappa shape index (κ1) is 25.5. The van der Waals surface area contributed by atoms with Crippen LogP contribution in [0.15, 0.2) is 79.1 Å². The van der Waals surface area contributed by atoms with Gasteiger partial charge in [-0.1, -0.05) is 29.8 Å². The third-order valence-electron chi connectivity index (χ3n) is 7.55. The molecule has 0 amide bonds. The Morgan fingerprint density at radius 1 is 1.07 bits per heavy atom. The number of carboxylic acid groups (broad SMARTS) is 1. The Labute approximate surface area is 235 Å². The molecule has 8 nitrogen and oxygen atoms in total. The number of carbonyl (C=O) groups is 1. The number of aromatic nitrogens is 4. The smallest absolute Gasteiger partial charge is 0.311 e. The summed E-state index contributed by atoms with van der Waals surface area (Å²) >= 11 is 6.09. The molecule has 3 aromatic heterocycles. The average Bonchev–Trinajstić information content (AvgIpc) is 3.41. The topological polar surface area (TPSA) is 119 Å². The number of nitrogens with zero attached hydrogens (tertiary/aromatic N) is 5. The minimum absolute atomic E-state index is 0.301. The fourth-order valence-electron chi connectivity index (χ4n) is 5.42. The molecule has 4 heterocycles. The molecule has 0 aliphatic carbocycles. The summed E-state index contributed by atoms with van der Waals surface area (Å²) in [4.78, 5) is 31.8. The molecule has 9 heteroatoms. The van der Waals surface area contributed by atoms with E-state index in [9.17, 15) is 15.2 Å². The molecule has 0 spiro atoms. The Morgan fingerprint density at radius 3 is 2.65 bits per heavy atom. The molecule has 1 saturated heterocycles. The largest absolute Gasteiger partial charge is 0.481 e. The Morgan fingerprint density at radius 2 is 1.90 bits per heavy atom. The number of pyridine rings is 2. The molecule has 198 valence electrons. The molecule has 1 aliphatic heterocycles. The minimum Gasteiger partial charge on any atom is -0.481 e. The normalized spacial score (nSPS) is 17.1. The lowest BCUT2D eigenvalue weighted by Crippen LogP contribution is -2.49. The van der Waals surface area contributed by atoms with Crippen LogP contribution in [0.4, 0.5) is 5.82 Å². The molecular formula is C31H25ClN6O2. The SMILES string of the molecule is N#Cc1ccccc1CC1(C(=O)O)CCCN(c2ccc(-c3ccc(-c4nc5ccc(Cl)cc5[nH]4)cn3)cn2)C1. The van der Waals surface area contributed by atoms with E-state index >= 15 is 0 Å². The van der Waals surface area contributed by atoms with Crippen LogP contribution in [0.5, 0.6) is 0 Å². The Balaban J connectivity index is 1.20. The van der Waals surface area contributed by atoms with E-state index in [1.54, 1.807) is 24.5 Å². The van der Waals surface area contributed by atoms with Gasteiger partial charge >= 0.3 is 5.97 Å². The van der Waals surface area contributed by atoms with E-state index in [4.69, 9.17) is 11.6 Å². The quantitative estimate of drug-likeness (QED) is 0.262. The number of aromatic amines is 1. The zero-order chi connectivity index (χ0) is 27.7. The lowest BCUT2D eigenvalue weighted by molar-refractivity contribution is -0.149. The number of hydrogen-bond acceptors (Lipinski definition) is 6. The number of nitrogens with one attached hydrogen (secondary N) is 1. The van der Waals surface area contributed by atoms with Crippen molar-refractivity contribution in [1.29, 1.82) is 5.26 Å². The first-order valence-corrected chi connectivity index (χ1v) is 13.4. The maximum atomic E-state index is 12.5. The summed E-state index contributed by atoms with van der Waals surface area (Å²) in [6, 6.07) is 22.7. The third-order valence-corrected chi connectivity index (χ3v) is 7.78. The number of piperidine rings is 1. The summed E-state index contributed by atoms with van der Waals surface area (Å²) < 4.78 is 0. The highest BCUT2D eigenvalue weighted by atomic mass is 35.5. The highest BCUT2D eigenvalue weighted by molar-refractivity contribution is 6.31. The molecule has 2 aromatic carbocycles. The molecule has 1 atom stereocenters. The summed E-state index contributed by atoms with van der Waals surface area (Å²) in [7, 11) is 0. The second kappa shape index (κ2) is 10.4. The van der Waals surface area contributed by atoms with E-state index in [-0.39, 0.29) is 0 Å². The number of aliphatic carboxylic acids is 1. The summed E-state index contributed by atoms with van der Waals surface area (Å²) in [6.07, 6.45) is 5.11. The lowest BCUT2D eigenvalue weighted by Gasteiger charge is -2.40. The minimum atomic E-state index is -0.995. The van der Waals surface area contributed by atoms with Crippen LogP contribution in [0.2, 0.25) is 5.02 Å². The summed E-state index contributed by atoms with van der Waals surface area (Å²) in [6.45, 7) is 1.04. The van der Waals surface area contributed by atoms with Crippen LogP contribution in [-0.4, -0.2) is 44.1 Å². The molecule has 1 fully saturated rings. The Bertz CT molecular complexity index is 1740. The second-order valence-electron chi connectivity index (χ2n) is 10.1. The van der Waals surface area contributed by atoms with Crippen molar-refractivity contribution in [1.82, 2.24) is 19.9 Å². The highest BCUT2D eigenvalue weighted by Gasteiger charge is 2.43. The summed E-state index contributed by atoms with van der Waals surface area (Å²) in [5.74, 6) is 0.591. The molecule has 0 radical (unpaired) electrons. The molecule has 2 N–H and O–H groups in total. The first-order chi connectivity index (χ1) is 19.4. The number of nitriles is 1. The van der Waals surface area contributed by atoms with Gasteiger partial charge in [0.1, 0.15) is 11.6 Å². The van der Waals surface area contributed by atoms with Crippen molar-refractivity contribution < 1.29 is 9.90 Å². The maximum absolute atomic E-state index is 12.5. The van der Waals surface area contributed by atoms with Crippen molar-refractivity contribution in [2.24, 2.45) is 5.41 Å². The molecule has 1 unspecified atom stereocenters. The van der Waals surface area contributed by atoms with E-state index in [0.29, 0.717) is 35.8 Å². The predicted molar refractivity (Wildman–Crippen MR) is 154 cm³/mol. The third kappa shape index (κ3) is 4.88. The summed E-state index contributed by atoms with van der Waals surface area (Å²) in [5, 5.41) is 20.4. The number of imidazole rings is 1. The fraction of sp³-hybridized carbons (Fsp3) is 0.194. The van der Waals surface area contributed by atoms with Gasteiger partial charge in [-0.05, 0) is 73.4 Å². The average molecular weight is 549 g/mol. The van der Waals surface area contributed by atoms with Crippen molar-refractivity contribution in [3.63, 3.8) is 0 Å². The first-order valence-electron chi connectivity index (χ1n) is 13.0. The molecule has 5 aromatic rings. The van der Waals surface area contributed by atoms with E-state index in [1.165, 1.54) is 0 Å².